The summed E-state index contributed by atoms with van der Waals surface area (Å²) >= 11 is 15.7. The Balaban J connectivity index is 1.96. The van der Waals surface area contributed by atoms with Crippen LogP contribution in [0.5, 0.6) is 0 Å². The molecule has 0 radical (unpaired) electrons. The van der Waals surface area contributed by atoms with Crippen LogP contribution in [0.3, 0.4) is 0 Å². The molecular weight excluding hydrogens is 452 g/mol. The summed E-state index contributed by atoms with van der Waals surface area (Å²) in [5.74, 6) is 4.21. The Hall–Kier alpha value is 1.66. The third-order valence-corrected chi connectivity index (χ3v) is 10.4. The van der Waals surface area contributed by atoms with Crippen LogP contribution in [0.4, 0.5) is 0 Å². The van der Waals surface area contributed by atoms with E-state index < -0.39 is 0 Å². The fraction of sp³-hybridized carbons (Fsp3) is 0.818. The predicted molar refractivity (Wildman–Crippen MR) is 76.2 cm³/mol. The number of allylic oxidation sites excluding steroid dienone is 2. The van der Waals surface area contributed by atoms with Crippen molar-refractivity contribution in [3.05, 3.63) is 10.6 Å². The summed E-state index contributed by atoms with van der Waals surface area (Å²) in [5.41, 5.74) is 0. The molecule has 15 heavy (non-hydrogen) atoms. The van der Waals surface area contributed by atoms with Crippen molar-refractivity contribution in [2.75, 3.05) is 0 Å². The lowest BCUT2D eigenvalue weighted by atomic mass is 9.81. The molecule has 0 aromatic heterocycles. The Morgan fingerprint density at radius 3 is 2.73 bits per heavy atom. The zero-order chi connectivity index (χ0) is 10.5. The Kier molecular flexibility index (Phi) is 2.09. The number of alkyl halides is 3. The van der Waals surface area contributed by atoms with Crippen molar-refractivity contribution in [2.24, 2.45) is 29.6 Å². The molecule has 82 valence electrons. The van der Waals surface area contributed by atoms with Gasteiger partial charge in [-0.15, -0.1) is 0 Å². The average Bonchev–Trinajstić information content (AvgIpc) is 2.79. The first-order valence-corrected chi connectivity index (χ1v) is 8.82. The molecule has 0 aromatic carbocycles. The lowest BCUT2D eigenvalue weighted by Gasteiger charge is -2.30. The number of hydrogen-bond donors (Lipinski definition) is 0. The minimum absolute atomic E-state index is 0.225. The van der Waals surface area contributed by atoms with Gasteiger partial charge >= 0.3 is 0 Å². The maximum absolute atomic E-state index is 4.02. The smallest absolute Gasteiger partial charge is 0.0612 e. The van der Waals surface area contributed by atoms with Gasteiger partial charge < -0.3 is 0 Å². The minimum atomic E-state index is 0.225. The maximum atomic E-state index is 4.02. The first kappa shape index (κ1) is 10.6. The molecule has 0 saturated heterocycles. The molecule has 2 bridgehead atoms. The molecule has 4 aliphatic carbocycles. The second kappa shape index (κ2) is 2.97. The van der Waals surface area contributed by atoms with E-state index in [9.17, 15) is 0 Å². The van der Waals surface area contributed by atoms with Gasteiger partial charge in [-0.1, -0.05) is 69.8 Å². The summed E-state index contributed by atoms with van der Waals surface area (Å²) in [4.78, 5) is 1.31. The Morgan fingerprint density at radius 1 is 1.27 bits per heavy atom. The standard InChI is InChI=1S/C11H10Br4/c12-5-2-11(15)8-3-1-4(6(5)8)9(13)7(3)10(11)14/h2-4,6-10H,1H2/t3-,4+,6+,7-,8+,9-,10+,11+/m0/s1. The molecule has 0 aliphatic heterocycles. The molecule has 0 heterocycles. The topological polar surface area (TPSA) is 0 Å². The van der Waals surface area contributed by atoms with Crippen molar-refractivity contribution >= 4 is 63.7 Å². The summed E-state index contributed by atoms with van der Waals surface area (Å²) in [6, 6.07) is 0. The van der Waals surface area contributed by atoms with Crippen molar-refractivity contribution in [2.45, 2.75) is 20.4 Å². The van der Waals surface area contributed by atoms with Crippen LogP contribution in [0.25, 0.3) is 0 Å². The molecule has 8 atom stereocenters. The highest BCUT2D eigenvalue weighted by Gasteiger charge is 2.73. The van der Waals surface area contributed by atoms with E-state index >= 15 is 0 Å². The van der Waals surface area contributed by atoms with Gasteiger partial charge in [0.05, 0.1) is 4.32 Å². The Labute approximate surface area is 123 Å². The van der Waals surface area contributed by atoms with Gasteiger partial charge in [0.25, 0.3) is 0 Å². The number of halogens is 4. The van der Waals surface area contributed by atoms with Crippen molar-refractivity contribution in [3.63, 3.8) is 0 Å². The third kappa shape index (κ3) is 0.978. The first-order valence-electron chi connectivity index (χ1n) is 5.41. The lowest BCUT2D eigenvalue weighted by Crippen LogP contribution is -2.30. The highest BCUT2D eigenvalue weighted by Crippen LogP contribution is 2.75. The van der Waals surface area contributed by atoms with E-state index in [0.29, 0.717) is 9.65 Å². The highest BCUT2D eigenvalue weighted by atomic mass is 79.9. The van der Waals surface area contributed by atoms with Crippen LogP contribution in [0.2, 0.25) is 0 Å². The molecule has 3 fully saturated rings. The molecule has 4 rings (SSSR count). The van der Waals surface area contributed by atoms with E-state index in [4.69, 9.17) is 0 Å². The van der Waals surface area contributed by atoms with Crippen LogP contribution >= 0.6 is 63.7 Å². The van der Waals surface area contributed by atoms with Gasteiger partial charge in [0.1, 0.15) is 0 Å². The summed E-state index contributed by atoms with van der Waals surface area (Å²) in [7, 11) is 0. The third-order valence-electron chi connectivity index (χ3n) is 5.07. The minimum Gasteiger partial charge on any atom is -0.0884 e. The van der Waals surface area contributed by atoms with E-state index in [0.717, 1.165) is 29.6 Å². The normalized spacial score (nSPS) is 69.1. The highest BCUT2D eigenvalue weighted by molar-refractivity contribution is 9.13. The maximum Gasteiger partial charge on any atom is 0.0612 e. The average molecular weight is 462 g/mol. The van der Waals surface area contributed by atoms with Crippen LogP contribution < -0.4 is 0 Å². The van der Waals surface area contributed by atoms with Gasteiger partial charge in [-0.25, -0.2) is 0 Å². The van der Waals surface area contributed by atoms with Gasteiger partial charge in [-0.3, -0.25) is 0 Å². The van der Waals surface area contributed by atoms with Crippen molar-refractivity contribution in [1.29, 1.82) is 0 Å². The van der Waals surface area contributed by atoms with Crippen LogP contribution in [-0.2, 0) is 0 Å². The monoisotopic (exact) mass is 458 g/mol. The molecule has 0 unspecified atom stereocenters. The summed E-state index contributed by atoms with van der Waals surface area (Å²) in [6.45, 7) is 0. The fourth-order valence-corrected chi connectivity index (χ4v) is 10.0. The van der Waals surface area contributed by atoms with Gasteiger partial charge in [0.15, 0.2) is 0 Å². The second-order valence-electron chi connectivity index (χ2n) is 5.40. The molecule has 0 amide bonds. The van der Waals surface area contributed by atoms with Gasteiger partial charge in [-0.2, -0.15) is 0 Å². The van der Waals surface area contributed by atoms with Crippen LogP contribution in [0.1, 0.15) is 6.42 Å². The molecule has 0 nitrogen and oxygen atoms in total. The number of rotatable bonds is 0. The van der Waals surface area contributed by atoms with E-state index in [1.807, 2.05) is 0 Å². The summed E-state index contributed by atoms with van der Waals surface area (Å²) in [6.07, 6.45) is 3.86. The van der Waals surface area contributed by atoms with Gasteiger partial charge in [0, 0.05) is 9.65 Å². The zero-order valence-electron chi connectivity index (χ0n) is 7.84. The van der Waals surface area contributed by atoms with Crippen molar-refractivity contribution in [3.8, 4) is 0 Å². The molecule has 3 saturated carbocycles. The summed E-state index contributed by atoms with van der Waals surface area (Å²) < 4.78 is 1.67. The molecular formula is C11H10Br4. The van der Waals surface area contributed by atoms with E-state index in [-0.39, 0.29) is 4.32 Å². The molecule has 0 N–H and O–H groups in total. The van der Waals surface area contributed by atoms with Crippen molar-refractivity contribution < 1.29 is 0 Å². The van der Waals surface area contributed by atoms with Crippen LogP contribution in [0, 0.1) is 29.6 Å². The second-order valence-corrected chi connectivity index (χ2v) is 9.73. The van der Waals surface area contributed by atoms with Crippen LogP contribution in [0.15, 0.2) is 10.6 Å². The quantitative estimate of drug-likeness (QED) is 0.468. The van der Waals surface area contributed by atoms with Gasteiger partial charge in [-0.05, 0) is 40.5 Å². The summed E-state index contributed by atoms with van der Waals surface area (Å²) in [5, 5.41) is 0. The molecule has 0 aromatic rings. The van der Waals surface area contributed by atoms with E-state index in [1.54, 1.807) is 0 Å². The largest absolute Gasteiger partial charge is 0.0884 e. The van der Waals surface area contributed by atoms with Gasteiger partial charge in [0.2, 0.25) is 0 Å². The van der Waals surface area contributed by atoms with Crippen LogP contribution in [-0.4, -0.2) is 14.0 Å². The molecule has 0 spiro atoms. The first-order chi connectivity index (χ1) is 7.05. The lowest BCUT2D eigenvalue weighted by molar-refractivity contribution is 0.286. The zero-order valence-corrected chi connectivity index (χ0v) is 14.2. The Bertz CT molecular complexity index is 379. The molecule has 4 heteroatoms. The predicted octanol–water partition coefficient (Wildman–Crippen LogP) is 4.45. The Morgan fingerprint density at radius 2 is 2.00 bits per heavy atom. The van der Waals surface area contributed by atoms with Crippen molar-refractivity contribution in [1.82, 2.24) is 0 Å². The SMILES string of the molecule is BrC1=C[C@@]2(Br)[C@@H]3[C@H]4C[C@@H]([C@H](Br)[C@H]4[C@H]2Br)[C@H]13. The number of hydrogen-bond acceptors (Lipinski definition) is 0. The molecule has 4 aliphatic rings. The van der Waals surface area contributed by atoms with E-state index in [1.165, 1.54) is 10.9 Å². The number of fused-ring (bicyclic) bond motifs is 2. The van der Waals surface area contributed by atoms with E-state index in [2.05, 4.69) is 69.8 Å². The fourth-order valence-electron chi connectivity index (χ4n) is 4.71.